The van der Waals surface area contributed by atoms with Crippen LogP contribution in [-0.2, 0) is 20.1 Å². The number of aryl methyl sites for hydroxylation is 2. The number of pyridine rings is 1. The lowest BCUT2D eigenvalue weighted by Gasteiger charge is -2.33. The summed E-state index contributed by atoms with van der Waals surface area (Å²) >= 11 is 0. The van der Waals surface area contributed by atoms with Crippen LogP contribution in [0.5, 0.6) is 0 Å². The Hall–Kier alpha value is -4.22. The minimum absolute atomic E-state index is 0.119. The van der Waals surface area contributed by atoms with E-state index in [-0.39, 0.29) is 30.0 Å². The molecule has 4 aromatic rings. The van der Waals surface area contributed by atoms with Gasteiger partial charge < -0.3 is 14.8 Å². The van der Waals surface area contributed by atoms with E-state index in [9.17, 15) is 13.6 Å². The molecule has 10 nitrogen and oxygen atoms in total. The Kier molecular flexibility index (Phi) is 5.71. The third kappa shape index (κ3) is 4.34. The molecule has 1 amide bonds. The number of hydrogen-bond donors (Lipinski definition) is 1. The Bertz CT molecular complexity index is 1400. The van der Waals surface area contributed by atoms with Crippen molar-refractivity contribution in [2.45, 2.75) is 39.4 Å². The fourth-order valence-corrected chi connectivity index (χ4v) is 4.03. The summed E-state index contributed by atoms with van der Waals surface area (Å²) in [5.41, 5.74) is 2.05. The lowest BCUT2D eigenvalue weighted by atomic mass is 10.2. The Morgan fingerprint density at radius 3 is 2.77 bits per heavy atom. The maximum Gasteiger partial charge on any atom is 0.290 e. The largest absolute Gasteiger partial charge is 0.326 e. The number of nitrogens with one attached hydrogen (secondary N) is 1. The molecule has 0 aromatic carbocycles. The highest BCUT2D eigenvalue weighted by Gasteiger charge is 2.33. The molecule has 4 aromatic heterocycles. The fourth-order valence-electron chi connectivity index (χ4n) is 4.03. The van der Waals surface area contributed by atoms with E-state index in [4.69, 9.17) is 0 Å². The molecule has 1 atom stereocenters. The number of amides is 1. The highest BCUT2D eigenvalue weighted by Crippen LogP contribution is 2.27. The van der Waals surface area contributed by atoms with Crippen molar-refractivity contribution in [2.24, 2.45) is 7.05 Å². The van der Waals surface area contributed by atoms with Gasteiger partial charge >= 0.3 is 0 Å². The van der Waals surface area contributed by atoms with E-state index < -0.39 is 6.43 Å². The number of nitrogens with zero attached hydrogens (tertiary/aromatic N) is 8. The molecule has 0 saturated heterocycles. The summed E-state index contributed by atoms with van der Waals surface area (Å²) in [4.78, 5) is 32.4. The molecule has 180 valence electrons. The van der Waals surface area contributed by atoms with Gasteiger partial charge in [-0.2, -0.15) is 5.10 Å². The summed E-state index contributed by atoms with van der Waals surface area (Å²) in [5.74, 6) is 1.08. The number of imidazole rings is 1. The predicted molar refractivity (Wildman–Crippen MR) is 123 cm³/mol. The number of hydrogen-bond acceptors (Lipinski definition) is 7. The number of rotatable bonds is 6. The van der Waals surface area contributed by atoms with E-state index in [0.717, 1.165) is 11.4 Å². The molecule has 12 heteroatoms. The number of alkyl halides is 2. The van der Waals surface area contributed by atoms with Crippen LogP contribution in [0.4, 0.5) is 20.5 Å². The van der Waals surface area contributed by atoms with Crippen LogP contribution in [-0.4, -0.2) is 51.1 Å². The minimum Gasteiger partial charge on any atom is -0.326 e. The average Bonchev–Trinajstić information content (AvgIpc) is 3.44. The van der Waals surface area contributed by atoms with Crippen molar-refractivity contribution in [3.63, 3.8) is 0 Å². The quantitative estimate of drug-likeness (QED) is 0.451. The Balaban J connectivity index is 1.42. The molecule has 0 aliphatic carbocycles. The lowest BCUT2D eigenvalue weighted by Crippen LogP contribution is -2.46. The van der Waals surface area contributed by atoms with E-state index in [1.807, 2.05) is 13.8 Å². The van der Waals surface area contributed by atoms with E-state index in [1.54, 1.807) is 51.9 Å². The number of fused-ring (bicyclic) bond motifs is 1. The second-order valence-electron chi connectivity index (χ2n) is 8.43. The first-order valence-electron chi connectivity index (χ1n) is 11.0. The van der Waals surface area contributed by atoms with Crippen molar-refractivity contribution < 1.29 is 13.6 Å². The van der Waals surface area contributed by atoms with E-state index in [0.29, 0.717) is 29.6 Å². The molecule has 1 unspecified atom stereocenters. The summed E-state index contributed by atoms with van der Waals surface area (Å²) in [6.45, 7) is 4.41. The highest BCUT2D eigenvalue weighted by molar-refractivity contribution is 5.92. The zero-order valence-corrected chi connectivity index (χ0v) is 19.4. The molecule has 0 spiro atoms. The van der Waals surface area contributed by atoms with Gasteiger partial charge in [0.15, 0.2) is 5.82 Å². The maximum atomic E-state index is 13.3. The van der Waals surface area contributed by atoms with Gasteiger partial charge in [-0.1, -0.05) is 6.07 Å². The molecule has 35 heavy (non-hydrogen) atoms. The van der Waals surface area contributed by atoms with E-state index >= 15 is 0 Å². The summed E-state index contributed by atoms with van der Waals surface area (Å²) in [6.07, 6.45) is 2.50. The maximum absolute atomic E-state index is 13.3. The van der Waals surface area contributed by atoms with Crippen molar-refractivity contribution in [2.75, 3.05) is 5.32 Å². The SMILES string of the molecule is Cc1cnc(Nc2ccnn2C)nc1-c1cn2c(n1)C(=O)N(Cc1cccc(C(F)F)n1)C(C)C2. The number of aromatic nitrogens is 7. The molecule has 0 radical (unpaired) electrons. The number of halogens is 2. The second-order valence-corrected chi connectivity index (χ2v) is 8.43. The van der Waals surface area contributed by atoms with Gasteiger partial charge in [-0.05, 0) is 31.5 Å². The first-order chi connectivity index (χ1) is 16.8. The molecule has 0 bridgehead atoms. The lowest BCUT2D eigenvalue weighted by molar-refractivity contribution is 0.0583. The van der Waals surface area contributed by atoms with Gasteiger partial charge in [-0.15, -0.1) is 0 Å². The van der Waals surface area contributed by atoms with Crippen LogP contribution in [0.25, 0.3) is 11.4 Å². The number of anilines is 2. The summed E-state index contributed by atoms with van der Waals surface area (Å²) in [6, 6.07) is 6.06. The zero-order chi connectivity index (χ0) is 24.7. The van der Waals surface area contributed by atoms with Gasteiger partial charge in [0, 0.05) is 38.1 Å². The zero-order valence-electron chi connectivity index (χ0n) is 19.4. The van der Waals surface area contributed by atoms with Crippen molar-refractivity contribution in [3.8, 4) is 11.4 Å². The first-order valence-corrected chi connectivity index (χ1v) is 11.0. The molecular weight excluding hydrogens is 456 g/mol. The molecule has 5 heterocycles. The molecule has 1 aliphatic rings. The van der Waals surface area contributed by atoms with Gasteiger partial charge in [0.25, 0.3) is 12.3 Å². The molecule has 0 fully saturated rings. The van der Waals surface area contributed by atoms with Crippen LogP contribution in [0.15, 0.2) is 42.9 Å². The Morgan fingerprint density at radius 2 is 2.03 bits per heavy atom. The topological polar surface area (TPSA) is 107 Å². The van der Waals surface area contributed by atoms with E-state index in [2.05, 4.69) is 30.4 Å². The molecule has 1 aliphatic heterocycles. The third-order valence-electron chi connectivity index (χ3n) is 5.88. The normalized spacial score (nSPS) is 15.5. The van der Waals surface area contributed by atoms with Crippen molar-refractivity contribution in [1.82, 2.24) is 39.2 Å². The molecular formula is C23H23F2N9O. The Labute approximate surface area is 199 Å². The smallest absolute Gasteiger partial charge is 0.290 e. The monoisotopic (exact) mass is 479 g/mol. The summed E-state index contributed by atoms with van der Waals surface area (Å²) in [7, 11) is 1.80. The molecule has 5 rings (SSSR count). The van der Waals surface area contributed by atoms with Crippen LogP contribution in [0.3, 0.4) is 0 Å². The fraction of sp³-hybridized carbons (Fsp3) is 0.304. The van der Waals surface area contributed by atoms with Crippen LogP contribution in [0.1, 0.15) is 40.9 Å². The number of carbonyl (C=O) groups is 1. The van der Waals surface area contributed by atoms with Gasteiger partial charge in [-0.3, -0.25) is 9.48 Å². The Morgan fingerprint density at radius 1 is 1.20 bits per heavy atom. The highest BCUT2D eigenvalue weighted by atomic mass is 19.3. The van der Waals surface area contributed by atoms with Gasteiger partial charge in [0.05, 0.1) is 24.1 Å². The third-order valence-corrected chi connectivity index (χ3v) is 5.88. The van der Waals surface area contributed by atoms with Crippen molar-refractivity contribution in [3.05, 3.63) is 65.6 Å². The van der Waals surface area contributed by atoms with Crippen molar-refractivity contribution in [1.29, 1.82) is 0 Å². The molecule has 1 N–H and O–H groups in total. The van der Waals surface area contributed by atoms with Gasteiger partial charge in [0.2, 0.25) is 5.95 Å². The van der Waals surface area contributed by atoms with E-state index in [1.165, 1.54) is 12.1 Å². The van der Waals surface area contributed by atoms with Crippen LogP contribution in [0.2, 0.25) is 0 Å². The minimum atomic E-state index is -2.67. The summed E-state index contributed by atoms with van der Waals surface area (Å²) < 4.78 is 29.6. The first kappa shape index (κ1) is 22.6. The average molecular weight is 479 g/mol. The van der Waals surface area contributed by atoms with Crippen LogP contribution in [0, 0.1) is 6.92 Å². The second kappa shape index (κ2) is 8.85. The predicted octanol–water partition coefficient (Wildman–Crippen LogP) is 3.50. The molecule has 0 saturated carbocycles. The van der Waals surface area contributed by atoms with Gasteiger partial charge in [-0.25, -0.2) is 28.7 Å². The van der Waals surface area contributed by atoms with Crippen LogP contribution < -0.4 is 5.32 Å². The van der Waals surface area contributed by atoms with Crippen LogP contribution >= 0.6 is 0 Å². The standard InChI is InChI=1S/C23H23F2N9O/c1-13-9-26-23(30-18-7-8-27-32(18)3)31-19(13)17-12-33-10-14(2)34(22(35)21(33)29-17)11-15-5-4-6-16(28-15)20(24)25/h4-9,12,14,20H,10-11H2,1-3H3,(H,26,30,31). The van der Waals surface area contributed by atoms with Gasteiger partial charge in [0.1, 0.15) is 17.2 Å². The number of carbonyl (C=O) groups excluding carboxylic acids is 1. The van der Waals surface area contributed by atoms with Crippen molar-refractivity contribution >= 4 is 17.7 Å². The summed E-state index contributed by atoms with van der Waals surface area (Å²) in [5, 5.41) is 7.24.